The number of carboxylic acids is 1. The number of carbonyl (C=O) groups is 4. The van der Waals surface area contributed by atoms with Crippen LogP contribution in [0.15, 0.2) is 0 Å². The van der Waals surface area contributed by atoms with E-state index < -0.39 is 229 Å². The first kappa shape index (κ1) is 59.8. The van der Waals surface area contributed by atoms with Gasteiger partial charge in [-0.1, -0.05) is 0 Å². The summed E-state index contributed by atoms with van der Waals surface area (Å²) in [6.07, 6.45) is -44.7. The maximum Gasteiger partial charge on any atom is 0.364 e. The Kier molecular flexibility index (Phi) is 21.3. The van der Waals surface area contributed by atoms with Gasteiger partial charge in [-0.25, -0.2) is 4.79 Å². The van der Waals surface area contributed by atoms with Crippen LogP contribution in [0.2, 0.25) is 0 Å². The molecule has 0 radical (unpaired) electrons. The number of rotatable bonds is 20. The van der Waals surface area contributed by atoms with Gasteiger partial charge in [-0.2, -0.15) is 0 Å². The molecule has 0 aromatic rings. The predicted octanol–water partition coefficient (Wildman–Crippen LogP) is -13.3. The zero-order valence-corrected chi connectivity index (χ0v) is 38.3. The Morgan fingerprint density at radius 1 is 0.583 bits per heavy atom. The lowest BCUT2D eigenvalue weighted by Gasteiger charge is -2.50. The number of amides is 3. The Balaban J connectivity index is 1.35. The fourth-order valence-electron chi connectivity index (χ4n) is 8.82. The van der Waals surface area contributed by atoms with Gasteiger partial charge in [-0.3, -0.25) is 14.4 Å². The van der Waals surface area contributed by atoms with Gasteiger partial charge in [0.05, 0.1) is 45.2 Å². The SMILES string of the molecule is CC(=O)N[C@H]1[C@H](O[C@H]2[C@@H](O)[C@@H](CO)O[C@@H](O[C@@H]3[C@H](O)[C@@H](O)[C@H](O[C@H]4[C@@H](O)[C@@H](CO[C@]5(C(=O)O)C[C@H](O)[C@@H](NC(=O)CO)[C@H]([C@H](O)[C@H](O)CO)O5)OC(O)[C@@H]4NC(C)=O)O[C@@H]3CO)[C@@H]2O)O[C@H](CO)[C@H](O)[C@@H]1O. The first-order chi connectivity index (χ1) is 33.9. The number of hydrogen-bond donors (Lipinski definition) is 20. The van der Waals surface area contributed by atoms with Gasteiger partial charge in [0.25, 0.3) is 5.79 Å². The molecule has 5 saturated heterocycles. The molecule has 416 valence electrons. The fraction of sp³-hybridized carbons (Fsp3) is 0.897. The number of carbonyl (C=O) groups excluding carboxylic acids is 3. The summed E-state index contributed by atoms with van der Waals surface area (Å²) in [5.41, 5.74) is 0. The topological polar surface area (TPSA) is 531 Å². The molecule has 3 amide bonds. The Bertz CT molecular complexity index is 1790. The smallest absolute Gasteiger partial charge is 0.364 e. The molecular formula is C39H65N3O30. The van der Waals surface area contributed by atoms with E-state index in [4.69, 9.17) is 42.6 Å². The minimum absolute atomic E-state index is 0.754. The molecule has 0 aromatic carbocycles. The number of aliphatic hydroxyl groups is 16. The molecule has 72 heavy (non-hydrogen) atoms. The second-order valence-electron chi connectivity index (χ2n) is 17.6. The third-order valence-electron chi connectivity index (χ3n) is 12.6. The zero-order chi connectivity index (χ0) is 53.7. The molecule has 5 heterocycles. The Labute approximate surface area is 406 Å². The van der Waals surface area contributed by atoms with Crippen LogP contribution in [0.4, 0.5) is 0 Å². The Morgan fingerprint density at radius 3 is 1.68 bits per heavy atom. The molecule has 26 atom stereocenters. The van der Waals surface area contributed by atoms with Crippen molar-refractivity contribution in [3.05, 3.63) is 0 Å². The van der Waals surface area contributed by atoms with Gasteiger partial charge in [-0.15, -0.1) is 0 Å². The van der Waals surface area contributed by atoms with Crippen LogP contribution in [-0.2, 0) is 61.8 Å². The zero-order valence-electron chi connectivity index (χ0n) is 38.3. The average Bonchev–Trinajstić information content (AvgIpc) is 3.34. The van der Waals surface area contributed by atoms with Crippen molar-refractivity contribution in [2.75, 3.05) is 39.6 Å². The van der Waals surface area contributed by atoms with Crippen molar-refractivity contribution < 1.29 is 149 Å². The molecule has 0 bridgehead atoms. The van der Waals surface area contributed by atoms with E-state index in [1.807, 2.05) is 0 Å². The number of hydrogen-bond acceptors (Lipinski definition) is 29. The summed E-state index contributed by atoms with van der Waals surface area (Å²) in [5.74, 6) is -7.78. The highest BCUT2D eigenvalue weighted by Gasteiger charge is 2.59. The summed E-state index contributed by atoms with van der Waals surface area (Å²) >= 11 is 0. The Hall–Kier alpha value is -3.12. The summed E-state index contributed by atoms with van der Waals surface area (Å²) in [4.78, 5) is 49.1. The van der Waals surface area contributed by atoms with E-state index >= 15 is 0 Å². The van der Waals surface area contributed by atoms with Gasteiger partial charge in [0, 0.05) is 20.3 Å². The molecule has 20 N–H and O–H groups in total. The molecular weight excluding hydrogens is 990 g/mol. The van der Waals surface area contributed by atoms with Gasteiger partial charge >= 0.3 is 5.97 Å². The molecule has 33 heteroatoms. The van der Waals surface area contributed by atoms with Gasteiger partial charge in [0.2, 0.25) is 17.7 Å². The van der Waals surface area contributed by atoms with Crippen molar-refractivity contribution in [1.82, 2.24) is 16.0 Å². The molecule has 0 aliphatic carbocycles. The molecule has 1 unspecified atom stereocenters. The fourth-order valence-corrected chi connectivity index (χ4v) is 8.82. The third-order valence-corrected chi connectivity index (χ3v) is 12.6. The number of carboxylic acid groups (broad SMARTS) is 1. The van der Waals surface area contributed by atoms with Crippen molar-refractivity contribution in [3.8, 4) is 0 Å². The average molecular weight is 1060 g/mol. The van der Waals surface area contributed by atoms with E-state index in [1.165, 1.54) is 0 Å². The lowest BCUT2D eigenvalue weighted by Crippen LogP contribution is -2.70. The summed E-state index contributed by atoms with van der Waals surface area (Å²) in [7, 11) is 0. The second kappa shape index (κ2) is 25.6. The first-order valence-corrected chi connectivity index (χ1v) is 22.4. The highest BCUT2D eigenvalue weighted by molar-refractivity contribution is 5.78. The van der Waals surface area contributed by atoms with E-state index in [-0.39, 0.29) is 0 Å². The summed E-state index contributed by atoms with van der Waals surface area (Å²) in [6, 6.07) is -5.09. The first-order valence-electron chi connectivity index (χ1n) is 22.4. The van der Waals surface area contributed by atoms with Gasteiger partial charge in [0.15, 0.2) is 25.2 Å². The molecule has 0 aromatic heterocycles. The summed E-state index contributed by atoms with van der Waals surface area (Å²) in [5, 5.41) is 187. The van der Waals surface area contributed by atoms with E-state index in [9.17, 15) is 106 Å². The number of aliphatic carboxylic acids is 1. The van der Waals surface area contributed by atoms with Crippen LogP contribution in [-0.4, -0.2) is 309 Å². The third kappa shape index (κ3) is 13.1. The quantitative estimate of drug-likeness (QED) is 0.0538. The molecule has 33 nitrogen and oxygen atoms in total. The van der Waals surface area contributed by atoms with Crippen molar-refractivity contribution >= 4 is 23.7 Å². The summed E-state index contributed by atoms with van der Waals surface area (Å²) in [6.45, 7) is -4.34. The minimum atomic E-state index is -3.03. The van der Waals surface area contributed by atoms with Crippen LogP contribution in [0.3, 0.4) is 0 Å². The number of aliphatic hydroxyl groups excluding tert-OH is 16. The normalized spacial score (nSPS) is 44.6. The molecule has 5 aliphatic heterocycles. The predicted molar refractivity (Wildman–Crippen MR) is 220 cm³/mol. The Morgan fingerprint density at radius 2 is 1.11 bits per heavy atom. The van der Waals surface area contributed by atoms with Crippen LogP contribution >= 0.6 is 0 Å². The van der Waals surface area contributed by atoms with Crippen LogP contribution in [0.25, 0.3) is 0 Å². The molecule has 5 fully saturated rings. The van der Waals surface area contributed by atoms with E-state index in [0.717, 1.165) is 13.8 Å². The highest BCUT2D eigenvalue weighted by Crippen LogP contribution is 2.37. The monoisotopic (exact) mass is 1060 g/mol. The van der Waals surface area contributed by atoms with Crippen LogP contribution in [0.1, 0.15) is 20.3 Å². The highest BCUT2D eigenvalue weighted by atomic mass is 16.8. The number of nitrogens with one attached hydrogen (secondary N) is 3. The largest absolute Gasteiger partial charge is 0.477 e. The summed E-state index contributed by atoms with van der Waals surface area (Å²) < 4.78 is 50.6. The van der Waals surface area contributed by atoms with E-state index in [0.29, 0.717) is 0 Å². The van der Waals surface area contributed by atoms with Crippen molar-refractivity contribution in [2.24, 2.45) is 0 Å². The van der Waals surface area contributed by atoms with E-state index in [2.05, 4.69) is 16.0 Å². The lowest BCUT2D eigenvalue weighted by atomic mass is 9.88. The maximum absolute atomic E-state index is 12.8. The molecule has 0 saturated carbocycles. The van der Waals surface area contributed by atoms with E-state index in [1.54, 1.807) is 0 Å². The number of ether oxygens (including phenoxy) is 9. The minimum Gasteiger partial charge on any atom is -0.477 e. The lowest BCUT2D eigenvalue weighted by molar-refractivity contribution is -0.383. The maximum atomic E-state index is 12.8. The van der Waals surface area contributed by atoms with Crippen molar-refractivity contribution in [1.29, 1.82) is 0 Å². The second-order valence-corrected chi connectivity index (χ2v) is 17.6. The van der Waals surface area contributed by atoms with Crippen LogP contribution < -0.4 is 16.0 Å². The van der Waals surface area contributed by atoms with Crippen LogP contribution in [0, 0.1) is 0 Å². The molecule has 0 spiro atoms. The van der Waals surface area contributed by atoms with Gasteiger partial charge in [0.1, 0.15) is 122 Å². The standard InChI is InChI=1S/C39H65N3O30/c1-10(48)40-20-26(57)23(54)14(5-44)66-35(20)71-33-24(55)15(6-45)67-37(29(33)60)69-30-16(7-46)68-36(28(59)27(30)58)70-31-21(41-11(2)49)34(61)65-17(25(31)56)9-64-39(38(62)63)3-12(50)19(42-18(52)8-47)32(72-39)22(53)13(51)4-43/h12-17,19-37,43-47,50-51,53-61H,3-9H2,1-2H3,(H,40,48)(H,41,49)(H,42,52)(H,62,63)/t12-,13+,14+,15+,16+,17+,19+,20+,21+,22+,23-,24-,25-,26+,27+,28+,29+,30-,31+,32+,33-,34?,35-,36-,37-,39+/m0/s1. The molecule has 5 rings (SSSR count). The van der Waals surface area contributed by atoms with Crippen molar-refractivity contribution in [3.63, 3.8) is 0 Å². The molecule has 5 aliphatic rings. The van der Waals surface area contributed by atoms with Crippen LogP contribution in [0.5, 0.6) is 0 Å². The van der Waals surface area contributed by atoms with Gasteiger partial charge < -0.3 is 145 Å². The van der Waals surface area contributed by atoms with Gasteiger partial charge in [-0.05, 0) is 0 Å². The van der Waals surface area contributed by atoms with Crippen molar-refractivity contribution in [2.45, 2.75) is 179 Å².